The number of nitrogens with zero attached hydrogens (tertiary/aromatic N) is 3. The van der Waals surface area contributed by atoms with Crippen molar-refractivity contribution in [3.63, 3.8) is 0 Å². The zero-order valence-electron chi connectivity index (χ0n) is 26.4. The lowest BCUT2D eigenvalue weighted by Crippen LogP contribution is -2.63. The number of halogens is 2. The highest BCUT2D eigenvalue weighted by Crippen LogP contribution is 2.62. The average molecular weight is 631 g/mol. The first-order valence-electron chi connectivity index (χ1n) is 16.2. The summed E-state index contributed by atoms with van der Waals surface area (Å²) in [5.74, 6) is 1.66. The molecule has 1 saturated heterocycles. The Labute approximate surface area is 272 Å². The van der Waals surface area contributed by atoms with Crippen LogP contribution in [0.2, 0.25) is 0 Å². The maximum absolute atomic E-state index is 14.5. The fourth-order valence-corrected chi connectivity index (χ4v) is 8.09. The van der Waals surface area contributed by atoms with Crippen molar-refractivity contribution in [1.29, 1.82) is 0 Å². The van der Waals surface area contributed by atoms with Crippen LogP contribution in [0.5, 0.6) is 5.75 Å². The Morgan fingerprint density at radius 3 is 2.47 bits per heavy atom. The first kappa shape index (κ1) is 31.6. The number of anilines is 1. The van der Waals surface area contributed by atoms with E-state index in [1.807, 2.05) is 26.0 Å². The van der Waals surface area contributed by atoms with Crippen molar-refractivity contribution in [2.24, 2.45) is 10.4 Å². The van der Waals surface area contributed by atoms with Crippen LogP contribution in [0.25, 0.3) is 0 Å². The van der Waals surface area contributed by atoms with Crippen molar-refractivity contribution < 1.29 is 13.9 Å². The molecule has 1 N–H and O–H groups in total. The Balaban J connectivity index is 0.00000357. The third-order valence-corrected chi connectivity index (χ3v) is 10.4. The number of amides is 2. The molecule has 2 spiro atoms. The lowest BCUT2D eigenvalue weighted by Gasteiger charge is -2.48. The van der Waals surface area contributed by atoms with E-state index in [1.54, 1.807) is 11.0 Å². The van der Waals surface area contributed by atoms with Gasteiger partial charge in [0.25, 0.3) is 0 Å². The number of ether oxygens (including phenoxy) is 1. The maximum Gasteiger partial charge on any atom is 0.350 e. The third-order valence-electron chi connectivity index (χ3n) is 10.4. The van der Waals surface area contributed by atoms with Gasteiger partial charge in [0.15, 0.2) is 0 Å². The molecule has 3 aromatic rings. The smallest absolute Gasteiger partial charge is 0.350 e. The van der Waals surface area contributed by atoms with Gasteiger partial charge in [-0.05, 0) is 106 Å². The molecule has 0 unspecified atom stereocenters. The van der Waals surface area contributed by atoms with Crippen LogP contribution in [-0.2, 0) is 6.54 Å². The molecule has 7 rings (SSSR count). The number of benzene rings is 3. The summed E-state index contributed by atoms with van der Waals surface area (Å²) in [7, 11) is 0. The largest absolute Gasteiger partial charge is 0.491 e. The van der Waals surface area contributed by atoms with Crippen LogP contribution in [0.3, 0.4) is 0 Å². The predicted octanol–water partition coefficient (Wildman–Crippen LogP) is 8.11. The van der Waals surface area contributed by atoms with E-state index in [9.17, 15) is 9.18 Å². The molecular formula is C37H44ClFN4O2. The summed E-state index contributed by atoms with van der Waals surface area (Å²) in [5, 5.41) is 3.90. The first-order chi connectivity index (χ1) is 21.2. The normalized spacial score (nSPS) is 27.1. The van der Waals surface area contributed by atoms with Gasteiger partial charge in [-0.15, -0.1) is 12.4 Å². The fraction of sp³-hybridized carbons (Fsp3) is 0.459. The van der Waals surface area contributed by atoms with E-state index in [0.29, 0.717) is 29.9 Å². The van der Waals surface area contributed by atoms with E-state index in [0.717, 1.165) is 31.1 Å². The van der Waals surface area contributed by atoms with Gasteiger partial charge in [-0.1, -0.05) is 48.5 Å². The van der Waals surface area contributed by atoms with E-state index in [4.69, 9.17) is 9.73 Å². The maximum atomic E-state index is 14.5. The van der Waals surface area contributed by atoms with Crippen molar-refractivity contribution >= 4 is 30.0 Å². The molecule has 0 aromatic heterocycles. The molecule has 0 radical (unpaired) electrons. The highest BCUT2D eigenvalue weighted by Gasteiger charge is 2.57. The molecular weight excluding hydrogens is 587 g/mol. The zero-order chi connectivity index (χ0) is 30.5. The number of likely N-dealkylation sites (tertiary alicyclic amines) is 1. The van der Waals surface area contributed by atoms with Crippen molar-refractivity contribution in [2.75, 3.05) is 11.4 Å². The molecule has 2 aliphatic carbocycles. The van der Waals surface area contributed by atoms with Crippen LogP contribution < -0.4 is 15.0 Å². The van der Waals surface area contributed by atoms with E-state index in [1.165, 1.54) is 42.5 Å². The van der Waals surface area contributed by atoms with Crippen molar-refractivity contribution in [3.8, 4) is 5.75 Å². The fourth-order valence-electron chi connectivity index (χ4n) is 8.09. The third kappa shape index (κ3) is 6.22. The van der Waals surface area contributed by atoms with Crippen molar-refractivity contribution in [3.05, 3.63) is 95.8 Å². The number of amidine groups is 1. The average Bonchev–Trinajstić information content (AvgIpc) is 3.57. The van der Waals surface area contributed by atoms with Gasteiger partial charge in [-0.3, -0.25) is 9.80 Å². The standard InChI is InChI=1S/C37H43FN4O2.ClH/c1-25(2)44-31-14-7-9-27(19-31)24-41-18-17-37(21-26(41)3)34(40-35(43)42(37)30-13-8-12-29(38)20-30)39-33-23-36(15-16-36)22-32(33)28-10-5-4-6-11-28;/h4-14,19-20,25-26,32-33H,15-18,21-24H2,1-3H3,(H,39,40,43);1H/t26-,32-,33+,37+;/m0./s1. The molecule has 238 valence electrons. The minimum Gasteiger partial charge on any atom is -0.491 e. The number of rotatable bonds is 7. The number of nitrogens with one attached hydrogen (secondary N) is 1. The quantitative estimate of drug-likeness (QED) is 0.287. The van der Waals surface area contributed by atoms with Crippen LogP contribution in [0.4, 0.5) is 14.9 Å². The van der Waals surface area contributed by atoms with Gasteiger partial charge in [-0.2, -0.15) is 4.99 Å². The number of carbonyl (C=O) groups excluding carboxylic acids is 1. The van der Waals surface area contributed by atoms with Crippen LogP contribution in [0, 0.1) is 11.2 Å². The highest BCUT2D eigenvalue weighted by atomic mass is 35.5. The minimum absolute atomic E-state index is 0. The molecule has 2 saturated carbocycles. The van der Waals surface area contributed by atoms with Crippen LogP contribution in [0.1, 0.15) is 76.3 Å². The molecule has 4 aliphatic rings. The summed E-state index contributed by atoms with van der Waals surface area (Å²) in [6.45, 7) is 7.89. The minimum atomic E-state index is -0.663. The summed E-state index contributed by atoms with van der Waals surface area (Å²) < 4.78 is 20.5. The number of aliphatic imine (C=N–C) groups is 1. The SMILES string of the molecule is CC(C)Oc1cccc(CN2CC[C@@]3(C[C@@H]2C)C(N[C@@H]2CC4(CC4)C[C@H]2c2ccccc2)=NC(=O)N3c2cccc(F)c2)c1.Cl. The monoisotopic (exact) mass is 630 g/mol. The highest BCUT2D eigenvalue weighted by molar-refractivity contribution is 6.16. The number of hydrogen-bond donors (Lipinski definition) is 1. The lowest BCUT2D eigenvalue weighted by atomic mass is 9.80. The zero-order valence-corrected chi connectivity index (χ0v) is 27.2. The van der Waals surface area contributed by atoms with Gasteiger partial charge in [0, 0.05) is 36.8 Å². The van der Waals surface area contributed by atoms with Crippen LogP contribution in [0.15, 0.2) is 83.9 Å². The first-order valence-corrected chi connectivity index (χ1v) is 16.2. The summed E-state index contributed by atoms with van der Waals surface area (Å²) in [4.78, 5) is 22.8. The molecule has 6 nitrogen and oxygen atoms in total. The Kier molecular flexibility index (Phi) is 8.70. The number of urea groups is 1. The van der Waals surface area contributed by atoms with Gasteiger partial charge >= 0.3 is 6.03 Å². The summed E-state index contributed by atoms with van der Waals surface area (Å²) in [6.07, 6.45) is 6.34. The van der Waals surface area contributed by atoms with Crippen LogP contribution in [-0.4, -0.2) is 47.0 Å². The summed E-state index contributed by atoms with van der Waals surface area (Å²) in [5.41, 5.74) is 2.86. The van der Waals surface area contributed by atoms with E-state index < -0.39 is 5.54 Å². The Morgan fingerprint density at radius 1 is 0.978 bits per heavy atom. The second-order valence-electron chi connectivity index (χ2n) is 13.9. The molecule has 4 atom stereocenters. The molecule has 8 heteroatoms. The van der Waals surface area contributed by atoms with E-state index in [2.05, 4.69) is 65.7 Å². The molecule has 2 heterocycles. The number of carbonyl (C=O) groups is 1. The van der Waals surface area contributed by atoms with E-state index in [-0.39, 0.29) is 42.4 Å². The van der Waals surface area contributed by atoms with Gasteiger partial charge < -0.3 is 10.1 Å². The second kappa shape index (κ2) is 12.4. The van der Waals surface area contributed by atoms with Gasteiger partial charge in [0.05, 0.1) is 6.10 Å². The lowest BCUT2D eigenvalue weighted by molar-refractivity contribution is 0.122. The predicted molar refractivity (Wildman–Crippen MR) is 180 cm³/mol. The van der Waals surface area contributed by atoms with Gasteiger partial charge in [-0.25, -0.2) is 9.18 Å². The summed E-state index contributed by atoms with van der Waals surface area (Å²) in [6, 6.07) is 25.6. The molecule has 45 heavy (non-hydrogen) atoms. The van der Waals surface area contributed by atoms with Crippen LogP contribution >= 0.6 is 12.4 Å². The van der Waals surface area contributed by atoms with Gasteiger partial charge in [0.2, 0.25) is 0 Å². The molecule has 3 aromatic carbocycles. The van der Waals surface area contributed by atoms with Crippen molar-refractivity contribution in [2.45, 2.75) is 95.5 Å². The Hall–Kier alpha value is -3.42. The molecule has 3 fully saturated rings. The molecule has 2 aliphatic heterocycles. The van der Waals surface area contributed by atoms with E-state index >= 15 is 0 Å². The number of hydrogen-bond acceptors (Lipinski definition) is 4. The number of piperidine rings is 1. The molecule has 2 amide bonds. The molecule has 0 bridgehead atoms. The summed E-state index contributed by atoms with van der Waals surface area (Å²) >= 11 is 0. The van der Waals surface area contributed by atoms with Crippen molar-refractivity contribution in [1.82, 2.24) is 10.2 Å². The van der Waals surface area contributed by atoms with Gasteiger partial charge in [0.1, 0.15) is 22.9 Å². The Bertz CT molecular complexity index is 1560. The second-order valence-corrected chi connectivity index (χ2v) is 13.9. The Morgan fingerprint density at radius 2 is 1.76 bits per heavy atom. The topological polar surface area (TPSA) is 57.2 Å².